The zero-order valence-electron chi connectivity index (χ0n) is 9.48. The van der Waals surface area contributed by atoms with Crippen LogP contribution in [-0.2, 0) is 0 Å². The third-order valence-corrected chi connectivity index (χ3v) is 4.46. The lowest BCUT2D eigenvalue weighted by molar-refractivity contribution is 0.0273. The van der Waals surface area contributed by atoms with Crippen LogP contribution < -0.4 is 5.73 Å². The maximum Gasteiger partial charge on any atom is 0.0741 e. The van der Waals surface area contributed by atoms with Crippen LogP contribution in [0, 0.1) is 0 Å². The van der Waals surface area contributed by atoms with Gasteiger partial charge in [-0.2, -0.15) is 0 Å². The number of hydrogen-bond acceptors (Lipinski definition) is 3. The average molecular weight is 237 g/mol. The maximum absolute atomic E-state index is 10.3. The van der Waals surface area contributed by atoms with Gasteiger partial charge in [0.05, 0.1) is 5.60 Å². The Hall–Kier alpha value is -0.670. The second-order valence-corrected chi connectivity index (χ2v) is 5.69. The van der Waals surface area contributed by atoms with Crippen molar-refractivity contribution in [3.05, 3.63) is 24.3 Å². The Labute approximate surface area is 101 Å². The summed E-state index contributed by atoms with van der Waals surface area (Å²) in [5.74, 6) is 0.802. The van der Waals surface area contributed by atoms with E-state index in [1.807, 2.05) is 24.3 Å². The molecule has 1 aliphatic rings. The van der Waals surface area contributed by atoms with Crippen molar-refractivity contribution in [2.24, 2.45) is 0 Å². The van der Waals surface area contributed by atoms with Crippen molar-refractivity contribution in [1.29, 1.82) is 0 Å². The quantitative estimate of drug-likeness (QED) is 0.627. The minimum Gasteiger partial charge on any atom is -0.399 e. The average Bonchev–Trinajstić information content (AvgIpc) is 2.29. The summed E-state index contributed by atoms with van der Waals surface area (Å²) in [7, 11) is 0. The molecule has 1 aliphatic carbocycles. The smallest absolute Gasteiger partial charge is 0.0741 e. The SMILES string of the molecule is Nc1ccc(SCC2(O)CCCCC2)cc1. The third-order valence-electron chi connectivity index (χ3n) is 3.17. The minimum absolute atomic E-state index is 0.440. The monoisotopic (exact) mass is 237 g/mol. The molecule has 0 radical (unpaired) electrons. The molecule has 2 rings (SSSR count). The van der Waals surface area contributed by atoms with Crippen molar-refractivity contribution in [2.45, 2.75) is 42.6 Å². The third kappa shape index (κ3) is 3.16. The lowest BCUT2D eigenvalue weighted by Crippen LogP contribution is -2.33. The molecule has 0 bridgehead atoms. The van der Waals surface area contributed by atoms with Gasteiger partial charge in [-0.25, -0.2) is 0 Å². The van der Waals surface area contributed by atoms with Crippen LogP contribution >= 0.6 is 11.8 Å². The summed E-state index contributed by atoms with van der Waals surface area (Å²) in [6.07, 6.45) is 5.51. The fraction of sp³-hybridized carbons (Fsp3) is 0.538. The molecule has 2 nitrogen and oxygen atoms in total. The molecule has 3 heteroatoms. The van der Waals surface area contributed by atoms with E-state index in [1.54, 1.807) is 11.8 Å². The Morgan fingerprint density at radius 1 is 1.12 bits per heavy atom. The van der Waals surface area contributed by atoms with Gasteiger partial charge in [0.2, 0.25) is 0 Å². The molecule has 0 amide bonds. The van der Waals surface area contributed by atoms with Crippen LogP contribution in [0.15, 0.2) is 29.2 Å². The highest BCUT2D eigenvalue weighted by molar-refractivity contribution is 7.99. The van der Waals surface area contributed by atoms with Gasteiger partial charge in [0.25, 0.3) is 0 Å². The van der Waals surface area contributed by atoms with Crippen LogP contribution in [-0.4, -0.2) is 16.5 Å². The molecule has 1 aromatic rings. The Bertz CT molecular complexity index is 330. The molecule has 0 aliphatic heterocycles. The summed E-state index contributed by atoms with van der Waals surface area (Å²) in [6, 6.07) is 7.86. The molecule has 0 saturated heterocycles. The molecular weight excluding hydrogens is 218 g/mol. The molecule has 0 heterocycles. The van der Waals surface area contributed by atoms with E-state index >= 15 is 0 Å². The van der Waals surface area contributed by atoms with Gasteiger partial charge in [-0.3, -0.25) is 0 Å². The van der Waals surface area contributed by atoms with E-state index < -0.39 is 5.60 Å². The maximum atomic E-state index is 10.3. The zero-order valence-corrected chi connectivity index (χ0v) is 10.3. The topological polar surface area (TPSA) is 46.2 Å². The van der Waals surface area contributed by atoms with Crippen molar-refractivity contribution in [3.63, 3.8) is 0 Å². The van der Waals surface area contributed by atoms with Crippen molar-refractivity contribution >= 4 is 17.4 Å². The Morgan fingerprint density at radius 3 is 2.38 bits per heavy atom. The van der Waals surface area contributed by atoms with Crippen LogP contribution in [0.4, 0.5) is 5.69 Å². The van der Waals surface area contributed by atoms with E-state index in [4.69, 9.17) is 5.73 Å². The van der Waals surface area contributed by atoms with Gasteiger partial charge in [-0.05, 0) is 37.1 Å². The molecule has 1 aromatic carbocycles. The Morgan fingerprint density at radius 2 is 1.75 bits per heavy atom. The van der Waals surface area contributed by atoms with Gasteiger partial charge in [-0.15, -0.1) is 11.8 Å². The van der Waals surface area contributed by atoms with Crippen LogP contribution in [0.2, 0.25) is 0 Å². The summed E-state index contributed by atoms with van der Waals surface area (Å²) >= 11 is 1.73. The predicted molar refractivity (Wildman–Crippen MR) is 69.6 cm³/mol. The van der Waals surface area contributed by atoms with Crippen molar-refractivity contribution in [1.82, 2.24) is 0 Å². The molecule has 0 unspecified atom stereocenters. The summed E-state index contributed by atoms with van der Waals surface area (Å²) in [6.45, 7) is 0. The summed E-state index contributed by atoms with van der Waals surface area (Å²) in [5.41, 5.74) is 5.99. The van der Waals surface area contributed by atoms with Gasteiger partial charge in [0.15, 0.2) is 0 Å². The summed E-state index contributed by atoms with van der Waals surface area (Å²) in [4.78, 5) is 1.19. The number of hydrogen-bond donors (Lipinski definition) is 2. The van der Waals surface area contributed by atoms with Crippen LogP contribution in [0.5, 0.6) is 0 Å². The standard InChI is InChI=1S/C13H19NOS/c14-11-4-6-12(7-5-11)16-10-13(15)8-2-1-3-9-13/h4-7,15H,1-3,8-10,14H2. The lowest BCUT2D eigenvalue weighted by Gasteiger charge is -2.31. The predicted octanol–water partition coefficient (Wildman–Crippen LogP) is 3.06. The number of aliphatic hydroxyl groups is 1. The van der Waals surface area contributed by atoms with Crippen molar-refractivity contribution < 1.29 is 5.11 Å². The highest BCUT2D eigenvalue weighted by Gasteiger charge is 2.28. The van der Waals surface area contributed by atoms with Crippen LogP contribution in [0.3, 0.4) is 0 Å². The molecule has 88 valence electrons. The molecule has 1 fully saturated rings. The zero-order chi connectivity index (χ0) is 11.4. The number of nitrogens with two attached hydrogens (primary N) is 1. The van der Waals surface area contributed by atoms with E-state index in [0.717, 1.165) is 24.3 Å². The van der Waals surface area contributed by atoms with Crippen LogP contribution in [0.25, 0.3) is 0 Å². The van der Waals surface area contributed by atoms with E-state index in [9.17, 15) is 5.11 Å². The molecule has 0 aromatic heterocycles. The lowest BCUT2D eigenvalue weighted by atomic mass is 9.86. The fourth-order valence-corrected chi connectivity index (χ4v) is 3.19. The second kappa shape index (κ2) is 5.11. The highest BCUT2D eigenvalue weighted by atomic mass is 32.2. The molecule has 16 heavy (non-hydrogen) atoms. The molecule has 1 saturated carbocycles. The number of nitrogen functional groups attached to an aromatic ring is 1. The molecule has 3 N–H and O–H groups in total. The first-order chi connectivity index (χ1) is 7.68. The minimum atomic E-state index is -0.440. The molecule has 0 atom stereocenters. The summed E-state index contributed by atoms with van der Waals surface area (Å²) < 4.78 is 0. The first kappa shape index (κ1) is 11.8. The highest BCUT2D eigenvalue weighted by Crippen LogP contribution is 2.33. The van der Waals surface area contributed by atoms with E-state index in [-0.39, 0.29) is 0 Å². The van der Waals surface area contributed by atoms with Crippen molar-refractivity contribution in [2.75, 3.05) is 11.5 Å². The Balaban J connectivity index is 1.88. The molecular formula is C13H19NOS. The van der Waals surface area contributed by atoms with E-state index in [1.165, 1.54) is 24.2 Å². The first-order valence-corrected chi connectivity index (χ1v) is 6.87. The first-order valence-electron chi connectivity index (χ1n) is 5.89. The number of rotatable bonds is 3. The van der Waals surface area contributed by atoms with Gasteiger partial charge >= 0.3 is 0 Å². The fourth-order valence-electron chi connectivity index (χ4n) is 2.14. The normalized spacial score (nSPS) is 19.6. The number of benzene rings is 1. The van der Waals surface area contributed by atoms with Gasteiger partial charge in [0.1, 0.15) is 0 Å². The summed E-state index contributed by atoms with van der Waals surface area (Å²) in [5, 5.41) is 10.3. The largest absolute Gasteiger partial charge is 0.399 e. The van der Waals surface area contributed by atoms with Gasteiger partial charge in [0, 0.05) is 16.3 Å². The Kier molecular flexibility index (Phi) is 3.77. The van der Waals surface area contributed by atoms with E-state index in [2.05, 4.69) is 0 Å². The number of anilines is 1. The second-order valence-electron chi connectivity index (χ2n) is 4.64. The molecule has 0 spiro atoms. The van der Waals surface area contributed by atoms with Crippen LogP contribution in [0.1, 0.15) is 32.1 Å². The van der Waals surface area contributed by atoms with E-state index in [0.29, 0.717) is 0 Å². The van der Waals surface area contributed by atoms with Gasteiger partial charge in [-0.1, -0.05) is 19.3 Å². The van der Waals surface area contributed by atoms with Gasteiger partial charge < -0.3 is 10.8 Å². The number of thioether (sulfide) groups is 1. The van der Waals surface area contributed by atoms with Crippen molar-refractivity contribution in [3.8, 4) is 0 Å².